The number of aromatic nitrogens is 2. The molecule has 0 radical (unpaired) electrons. The zero-order valence-electron chi connectivity index (χ0n) is 9.13. The van der Waals surface area contributed by atoms with Crippen molar-refractivity contribution in [3.63, 3.8) is 0 Å². The van der Waals surface area contributed by atoms with E-state index in [1.54, 1.807) is 7.05 Å². The van der Waals surface area contributed by atoms with Crippen LogP contribution in [0.2, 0.25) is 0 Å². The van der Waals surface area contributed by atoms with Gasteiger partial charge in [-0.2, -0.15) is 4.98 Å². The first-order valence-corrected chi connectivity index (χ1v) is 5.29. The molecule has 1 fully saturated rings. The minimum absolute atomic E-state index is 0.125. The molecule has 1 heterocycles. The summed E-state index contributed by atoms with van der Waals surface area (Å²) in [6, 6.07) is 0. The fourth-order valence-electron chi connectivity index (χ4n) is 1.62. The maximum absolute atomic E-state index is 13.3. The van der Waals surface area contributed by atoms with Crippen LogP contribution >= 0.6 is 0 Å². The van der Waals surface area contributed by atoms with E-state index in [0.717, 1.165) is 25.5 Å². The summed E-state index contributed by atoms with van der Waals surface area (Å²) in [6.45, 7) is 0.323. The van der Waals surface area contributed by atoms with Crippen molar-refractivity contribution < 1.29 is 9.50 Å². The first-order valence-electron chi connectivity index (χ1n) is 5.29. The molecular weight excluding hydrogens is 211 g/mol. The van der Waals surface area contributed by atoms with Gasteiger partial charge in [-0.25, -0.2) is 9.37 Å². The highest BCUT2D eigenvalue weighted by Gasteiger charge is 2.34. The van der Waals surface area contributed by atoms with Crippen LogP contribution in [-0.2, 0) is 0 Å². The molecule has 0 spiro atoms. The van der Waals surface area contributed by atoms with Crippen LogP contribution in [0.25, 0.3) is 0 Å². The molecule has 6 heteroatoms. The molecule has 0 amide bonds. The van der Waals surface area contributed by atoms with Crippen molar-refractivity contribution in [2.75, 3.05) is 24.2 Å². The normalized spacial score (nSPS) is 17.7. The third kappa shape index (κ3) is 2.21. The van der Waals surface area contributed by atoms with E-state index in [4.69, 9.17) is 0 Å². The average molecular weight is 226 g/mol. The molecule has 1 aromatic heterocycles. The summed E-state index contributed by atoms with van der Waals surface area (Å²) in [6.07, 6.45) is 3.63. The molecule has 2 rings (SSSR count). The van der Waals surface area contributed by atoms with Crippen LogP contribution in [0.3, 0.4) is 0 Å². The molecule has 0 unspecified atom stereocenters. The summed E-state index contributed by atoms with van der Waals surface area (Å²) in [7, 11) is 1.66. The second-order valence-electron chi connectivity index (χ2n) is 4.07. The zero-order valence-corrected chi connectivity index (χ0v) is 9.13. The van der Waals surface area contributed by atoms with Gasteiger partial charge in [0, 0.05) is 13.6 Å². The number of rotatable bonds is 4. The van der Waals surface area contributed by atoms with E-state index in [-0.39, 0.29) is 5.82 Å². The standard InChI is InChI=1S/C10H15FN4O/c1-12-9-13-5-7(11)8(15-9)14-6-10(16)3-2-4-10/h5,16H,2-4,6H2,1H3,(H2,12,13,14,15). The molecule has 0 aromatic carbocycles. The third-order valence-electron chi connectivity index (χ3n) is 2.84. The van der Waals surface area contributed by atoms with E-state index < -0.39 is 11.4 Å². The number of aliphatic hydroxyl groups is 1. The summed E-state index contributed by atoms with van der Waals surface area (Å²) in [4.78, 5) is 7.67. The van der Waals surface area contributed by atoms with Gasteiger partial charge in [-0.05, 0) is 19.3 Å². The number of anilines is 2. The van der Waals surface area contributed by atoms with Crippen molar-refractivity contribution in [2.24, 2.45) is 0 Å². The maximum Gasteiger partial charge on any atom is 0.224 e. The highest BCUT2D eigenvalue weighted by atomic mass is 19.1. The Morgan fingerprint density at radius 1 is 1.56 bits per heavy atom. The SMILES string of the molecule is CNc1ncc(F)c(NCC2(O)CCC2)n1. The zero-order chi connectivity index (χ0) is 11.6. The Balaban J connectivity index is 2.02. The fraction of sp³-hybridized carbons (Fsp3) is 0.600. The van der Waals surface area contributed by atoms with Crippen molar-refractivity contribution in [3.05, 3.63) is 12.0 Å². The predicted molar refractivity (Wildman–Crippen MR) is 58.8 cm³/mol. The number of hydrogen-bond acceptors (Lipinski definition) is 5. The lowest BCUT2D eigenvalue weighted by Gasteiger charge is -2.36. The molecule has 16 heavy (non-hydrogen) atoms. The van der Waals surface area contributed by atoms with Crippen LogP contribution in [0.1, 0.15) is 19.3 Å². The summed E-state index contributed by atoms with van der Waals surface area (Å²) in [5, 5.41) is 15.4. The molecule has 1 saturated carbocycles. The second-order valence-corrected chi connectivity index (χ2v) is 4.07. The first-order chi connectivity index (χ1) is 7.63. The topological polar surface area (TPSA) is 70.1 Å². The summed E-state index contributed by atoms with van der Waals surface area (Å²) < 4.78 is 13.3. The first kappa shape index (κ1) is 11.1. The van der Waals surface area contributed by atoms with E-state index in [1.165, 1.54) is 0 Å². The van der Waals surface area contributed by atoms with Gasteiger partial charge in [0.05, 0.1) is 11.8 Å². The van der Waals surface area contributed by atoms with Crippen LogP contribution < -0.4 is 10.6 Å². The molecule has 0 aliphatic heterocycles. The lowest BCUT2D eigenvalue weighted by molar-refractivity contribution is -0.0203. The van der Waals surface area contributed by atoms with E-state index in [1.807, 2.05) is 0 Å². The van der Waals surface area contributed by atoms with Crippen LogP contribution in [0, 0.1) is 5.82 Å². The fourth-order valence-corrected chi connectivity index (χ4v) is 1.62. The Morgan fingerprint density at radius 2 is 2.31 bits per heavy atom. The smallest absolute Gasteiger partial charge is 0.224 e. The van der Waals surface area contributed by atoms with Crippen LogP contribution in [0.5, 0.6) is 0 Å². The highest BCUT2D eigenvalue weighted by Crippen LogP contribution is 2.31. The molecule has 0 atom stereocenters. The minimum atomic E-state index is -0.697. The van der Waals surface area contributed by atoms with Crippen molar-refractivity contribution in [1.82, 2.24) is 9.97 Å². The highest BCUT2D eigenvalue weighted by molar-refractivity contribution is 5.41. The third-order valence-corrected chi connectivity index (χ3v) is 2.84. The van der Waals surface area contributed by atoms with Gasteiger partial charge in [-0.3, -0.25) is 0 Å². The van der Waals surface area contributed by atoms with Gasteiger partial charge in [0.25, 0.3) is 0 Å². The average Bonchev–Trinajstić information content (AvgIpc) is 2.25. The molecule has 0 saturated heterocycles. The Labute approximate surface area is 93.1 Å². The van der Waals surface area contributed by atoms with Crippen LogP contribution in [0.15, 0.2) is 6.20 Å². The Morgan fingerprint density at radius 3 is 2.88 bits per heavy atom. The van der Waals surface area contributed by atoms with Gasteiger partial charge < -0.3 is 15.7 Å². The summed E-state index contributed by atoms with van der Waals surface area (Å²) in [5.74, 6) is -0.0360. The van der Waals surface area contributed by atoms with E-state index >= 15 is 0 Å². The van der Waals surface area contributed by atoms with Crippen molar-refractivity contribution >= 4 is 11.8 Å². The molecule has 3 N–H and O–H groups in total. The summed E-state index contributed by atoms with van der Waals surface area (Å²) >= 11 is 0. The van der Waals surface area contributed by atoms with E-state index in [2.05, 4.69) is 20.6 Å². The number of nitrogens with zero attached hydrogens (tertiary/aromatic N) is 2. The molecular formula is C10H15FN4O. The van der Waals surface area contributed by atoms with Crippen LogP contribution in [0.4, 0.5) is 16.2 Å². The lowest BCUT2D eigenvalue weighted by atomic mass is 9.80. The molecule has 88 valence electrons. The second kappa shape index (κ2) is 4.21. The van der Waals surface area contributed by atoms with Gasteiger partial charge in [0.1, 0.15) is 0 Å². The van der Waals surface area contributed by atoms with Gasteiger partial charge in [0.15, 0.2) is 11.6 Å². The maximum atomic E-state index is 13.3. The summed E-state index contributed by atoms with van der Waals surface area (Å²) in [5.41, 5.74) is -0.697. The molecule has 1 aromatic rings. The Kier molecular flexibility index (Phi) is 2.91. The van der Waals surface area contributed by atoms with Crippen molar-refractivity contribution in [3.8, 4) is 0 Å². The Hall–Kier alpha value is -1.43. The van der Waals surface area contributed by atoms with Gasteiger partial charge in [0.2, 0.25) is 5.95 Å². The molecule has 5 nitrogen and oxygen atoms in total. The number of halogens is 1. The van der Waals surface area contributed by atoms with Gasteiger partial charge in [-0.1, -0.05) is 0 Å². The van der Waals surface area contributed by atoms with Crippen LogP contribution in [-0.4, -0.2) is 34.3 Å². The number of hydrogen-bond donors (Lipinski definition) is 3. The van der Waals surface area contributed by atoms with E-state index in [9.17, 15) is 9.50 Å². The minimum Gasteiger partial charge on any atom is -0.388 e. The molecule has 1 aliphatic carbocycles. The quantitative estimate of drug-likeness (QED) is 0.714. The van der Waals surface area contributed by atoms with Crippen molar-refractivity contribution in [1.29, 1.82) is 0 Å². The molecule has 0 bridgehead atoms. The van der Waals surface area contributed by atoms with Gasteiger partial charge >= 0.3 is 0 Å². The van der Waals surface area contributed by atoms with E-state index in [0.29, 0.717) is 12.5 Å². The van der Waals surface area contributed by atoms with Crippen molar-refractivity contribution in [2.45, 2.75) is 24.9 Å². The Bertz CT molecular complexity index is 381. The number of nitrogens with one attached hydrogen (secondary N) is 2. The molecule has 1 aliphatic rings. The predicted octanol–water partition coefficient (Wildman–Crippen LogP) is 0.984. The lowest BCUT2D eigenvalue weighted by Crippen LogP contribution is -2.43. The largest absolute Gasteiger partial charge is 0.388 e. The van der Waals surface area contributed by atoms with Gasteiger partial charge in [-0.15, -0.1) is 0 Å². The monoisotopic (exact) mass is 226 g/mol.